The molecule has 0 aliphatic carbocycles. The highest BCUT2D eigenvalue weighted by atomic mass is 32.2. The highest BCUT2D eigenvalue weighted by molar-refractivity contribution is 7.98. The Balaban J connectivity index is 1.72. The summed E-state index contributed by atoms with van der Waals surface area (Å²) in [4.78, 5) is 31.1. The van der Waals surface area contributed by atoms with Crippen molar-refractivity contribution in [3.05, 3.63) is 35.7 Å². The molecule has 1 aliphatic rings. The Morgan fingerprint density at radius 3 is 2.46 bits per heavy atom. The number of hydrogen-bond donors (Lipinski definition) is 1. The van der Waals surface area contributed by atoms with Gasteiger partial charge in [-0.1, -0.05) is 0 Å². The monoisotopic (exact) mass is 372 g/mol. The number of nitrogens with zero attached hydrogens (tertiary/aromatic N) is 5. The van der Waals surface area contributed by atoms with Crippen LogP contribution in [0.5, 0.6) is 0 Å². The fourth-order valence-electron chi connectivity index (χ4n) is 2.74. The summed E-state index contributed by atoms with van der Waals surface area (Å²) < 4.78 is 0. The number of rotatable bonds is 6. The van der Waals surface area contributed by atoms with Gasteiger partial charge in [0.25, 0.3) is 5.91 Å². The summed E-state index contributed by atoms with van der Waals surface area (Å²) in [7, 11) is 3.80. The molecule has 1 aromatic carbocycles. The second-order valence-electron chi connectivity index (χ2n) is 6.35. The van der Waals surface area contributed by atoms with Gasteiger partial charge in [0.15, 0.2) is 5.82 Å². The molecule has 2 aromatic rings. The number of hydrogen-bond acceptors (Lipinski definition) is 7. The number of benzene rings is 1. The van der Waals surface area contributed by atoms with Crippen molar-refractivity contribution in [1.29, 1.82) is 0 Å². The maximum atomic E-state index is 12.4. The first kappa shape index (κ1) is 18.4. The summed E-state index contributed by atoms with van der Waals surface area (Å²) in [5, 5.41) is 2.90. The van der Waals surface area contributed by atoms with Crippen molar-refractivity contribution in [3.8, 4) is 0 Å². The van der Waals surface area contributed by atoms with Crippen molar-refractivity contribution < 1.29 is 4.79 Å². The van der Waals surface area contributed by atoms with Crippen LogP contribution in [0.15, 0.2) is 29.2 Å². The van der Waals surface area contributed by atoms with Crippen molar-refractivity contribution in [2.24, 2.45) is 0 Å². The molecule has 1 N–H and O–H groups in total. The van der Waals surface area contributed by atoms with Crippen molar-refractivity contribution in [2.45, 2.75) is 24.3 Å². The molecule has 1 aromatic heterocycles. The van der Waals surface area contributed by atoms with E-state index in [4.69, 9.17) is 0 Å². The number of anilines is 2. The van der Waals surface area contributed by atoms with Crippen LogP contribution >= 0.6 is 11.8 Å². The fourth-order valence-corrected chi connectivity index (χ4v) is 3.14. The fraction of sp³-hybridized carbons (Fsp3) is 0.444. The van der Waals surface area contributed by atoms with Gasteiger partial charge in [0.1, 0.15) is 0 Å². The van der Waals surface area contributed by atoms with Gasteiger partial charge < -0.3 is 15.1 Å². The molecule has 0 radical (unpaired) electrons. The molecule has 0 atom stereocenters. The number of carbonyl (C=O) groups is 1. The van der Waals surface area contributed by atoms with Crippen LogP contribution in [-0.4, -0.2) is 54.3 Å². The third-order valence-electron chi connectivity index (χ3n) is 4.21. The van der Waals surface area contributed by atoms with Gasteiger partial charge in [-0.05, 0) is 43.4 Å². The minimum Gasteiger partial charge on any atom is -0.347 e. The van der Waals surface area contributed by atoms with Gasteiger partial charge in [-0.3, -0.25) is 4.79 Å². The first-order valence-corrected chi connectivity index (χ1v) is 9.89. The maximum Gasteiger partial charge on any atom is 0.251 e. The summed E-state index contributed by atoms with van der Waals surface area (Å²) in [6, 6.07) is 7.54. The normalized spacial score (nSPS) is 13.7. The van der Waals surface area contributed by atoms with E-state index in [0.717, 1.165) is 30.8 Å². The molecular formula is C18H24N6OS. The first-order chi connectivity index (χ1) is 12.6. The van der Waals surface area contributed by atoms with E-state index in [9.17, 15) is 4.79 Å². The lowest BCUT2D eigenvalue weighted by atomic mass is 10.2. The van der Waals surface area contributed by atoms with Crippen molar-refractivity contribution in [1.82, 2.24) is 20.3 Å². The zero-order chi connectivity index (χ0) is 18.5. The smallest absolute Gasteiger partial charge is 0.251 e. The third kappa shape index (κ3) is 4.43. The van der Waals surface area contributed by atoms with Crippen molar-refractivity contribution in [3.63, 3.8) is 0 Å². The van der Waals surface area contributed by atoms with Gasteiger partial charge in [0.2, 0.25) is 11.9 Å². The molecule has 1 fully saturated rings. The lowest BCUT2D eigenvalue weighted by Crippen LogP contribution is -2.27. The standard InChI is InChI=1S/C18H24N6OS/c1-23(2)17-20-15(21-18(22-17)24-10-4-5-11-24)12-19-16(25)13-6-8-14(26-3)9-7-13/h6-9H,4-5,10-12H2,1-3H3,(H,19,25). The molecule has 1 aliphatic heterocycles. The first-order valence-electron chi connectivity index (χ1n) is 8.66. The van der Waals surface area contributed by atoms with E-state index >= 15 is 0 Å². The number of thioether (sulfide) groups is 1. The summed E-state index contributed by atoms with van der Waals surface area (Å²) >= 11 is 1.65. The molecule has 7 nitrogen and oxygen atoms in total. The average molecular weight is 372 g/mol. The molecule has 0 bridgehead atoms. The number of carbonyl (C=O) groups excluding carboxylic acids is 1. The predicted molar refractivity (Wildman–Crippen MR) is 105 cm³/mol. The maximum absolute atomic E-state index is 12.4. The van der Waals surface area contributed by atoms with Crippen LogP contribution in [0.1, 0.15) is 29.0 Å². The SMILES string of the molecule is CSc1ccc(C(=O)NCc2nc(N(C)C)nc(N3CCCC3)n2)cc1. The van der Waals surface area contributed by atoms with Crippen LogP contribution in [0, 0.1) is 0 Å². The second kappa shape index (κ2) is 8.35. The molecule has 1 saturated heterocycles. The molecule has 138 valence electrons. The van der Waals surface area contributed by atoms with E-state index in [1.165, 1.54) is 0 Å². The molecule has 2 heterocycles. The van der Waals surface area contributed by atoms with Crippen molar-refractivity contribution in [2.75, 3.05) is 43.2 Å². The van der Waals surface area contributed by atoms with E-state index < -0.39 is 0 Å². The predicted octanol–water partition coefficient (Wildman–Crippen LogP) is 2.19. The summed E-state index contributed by atoms with van der Waals surface area (Å²) in [5.41, 5.74) is 0.629. The topological polar surface area (TPSA) is 74.2 Å². The Morgan fingerprint density at radius 1 is 1.15 bits per heavy atom. The Bertz CT molecular complexity index is 759. The lowest BCUT2D eigenvalue weighted by Gasteiger charge is -2.19. The van der Waals surface area contributed by atoms with Crippen LogP contribution in [0.4, 0.5) is 11.9 Å². The van der Waals surface area contributed by atoms with E-state index in [-0.39, 0.29) is 12.5 Å². The van der Waals surface area contributed by atoms with Gasteiger partial charge in [0.05, 0.1) is 6.54 Å². The van der Waals surface area contributed by atoms with E-state index in [1.807, 2.05) is 49.5 Å². The number of amides is 1. The van der Waals surface area contributed by atoms with Crippen LogP contribution in [0.2, 0.25) is 0 Å². The minimum atomic E-state index is -0.132. The Labute approximate surface area is 158 Å². The summed E-state index contributed by atoms with van der Waals surface area (Å²) in [6.45, 7) is 2.20. The molecule has 0 spiro atoms. The molecule has 0 unspecified atom stereocenters. The average Bonchev–Trinajstić information content (AvgIpc) is 3.20. The molecule has 26 heavy (non-hydrogen) atoms. The van der Waals surface area contributed by atoms with Gasteiger partial charge >= 0.3 is 0 Å². The van der Waals surface area contributed by atoms with E-state index in [1.54, 1.807) is 11.8 Å². The van der Waals surface area contributed by atoms with Gasteiger partial charge in [-0.25, -0.2) is 0 Å². The zero-order valence-electron chi connectivity index (χ0n) is 15.4. The Kier molecular flexibility index (Phi) is 5.92. The summed E-state index contributed by atoms with van der Waals surface area (Å²) in [6.07, 6.45) is 4.32. The number of aromatic nitrogens is 3. The largest absolute Gasteiger partial charge is 0.347 e. The molecular weight excluding hydrogens is 348 g/mol. The molecule has 8 heteroatoms. The van der Waals surface area contributed by atoms with Crippen LogP contribution in [0.25, 0.3) is 0 Å². The van der Waals surface area contributed by atoms with Gasteiger partial charge in [0, 0.05) is 37.6 Å². The third-order valence-corrected chi connectivity index (χ3v) is 4.95. The molecule has 1 amide bonds. The van der Waals surface area contributed by atoms with Gasteiger partial charge in [-0.15, -0.1) is 11.8 Å². The van der Waals surface area contributed by atoms with E-state index in [0.29, 0.717) is 23.3 Å². The number of nitrogens with one attached hydrogen (secondary N) is 1. The lowest BCUT2D eigenvalue weighted by molar-refractivity contribution is 0.0950. The quantitative estimate of drug-likeness (QED) is 0.779. The Hall–Kier alpha value is -2.35. The van der Waals surface area contributed by atoms with Crippen LogP contribution in [-0.2, 0) is 6.54 Å². The van der Waals surface area contributed by atoms with Gasteiger partial charge in [-0.2, -0.15) is 15.0 Å². The zero-order valence-corrected chi connectivity index (χ0v) is 16.2. The minimum absolute atomic E-state index is 0.132. The molecule has 3 rings (SSSR count). The highest BCUT2D eigenvalue weighted by Crippen LogP contribution is 2.18. The Morgan fingerprint density at radius 2 is 1.85 bits per heavy atom. The van der Waals surface area contributed by atoms with E-state index in [2.05, 4.69) is 25.2 Å². The second-order valence-corrected chi connectivity index (χ2v) is 7.23. The van der Waals surface area contributed by atoms with Crippen molar-refractivity contribution >= 4 is 29.6 Å². The summed E-state index contributed by atoms with van der Waals surface area (Å²) in [5.74, 6) is 1.73. The highest BCUT2D eigenvalue weighted by Gasteiger charge is 2.18. The van der Waals surface area contributed by atoms with Crippen LogP contribution in [0.3, 0.4) is 0 Å². The molecule has 0 saturated carbocycles. The van der Waals surface area contributed by atoms with Crippen LogP contribution < -0.4 is 15.1 Å².